The highest BCUT2D eigenvalue weighted by Crippen LogP contribution is 2.12. The van der Waals surface area contributed by atoms with Crippen LogP contribution in [0, 0.1) is 0 Å². The molecule has 0 saturated heterocycles. The van der Waals surface area contributed by atoms with Crippen LogP contribution in [0.3, 0.4) is 0 Å². The molecule has 1 N–H and O–H groups in total. The molecule has 0 saturated carbocycles. The lowest BCUT2D eigenvalue weighted by Gasteiger charge is -2.22. The zero-order chi connectivity index (χ0) is 13.6. The van der Waals surface area contributed by atoms with Crippen molar-refractivity contribution in [2.24, 2.45) is 0 Å². The molecule has 0 aromatic carbocycles. The molecule has 0 bridgehead atoms. The SMILES string of the molecule is CSCCN(C)c1cc(CNC(C)(C)C)ccn1. The lowest BCUT2D eigenvalue weighted by molar-refractivity contribution is 0.424. The number of nitrogens with one attached hydrogen (secondary N) is 1. The highest BCUT2D eigenvalue weighted by molar-refractivity contribution is 7.98. The lowest BCUT2D eigenvalue weighted by atomic mass is 10.1. The average molecular weight is 267 g/mol. The third-order valence-corrected chi connectivity index (χ3v) is 3.25. The Balaban J connectivity index is 2.61. The van der Waals surface area contributed by atoms with Gasteiger partial charge in [0.25, 0.3) is 0 Å². The summed E-state index contributed by atoms with van der Waals surface area (Å²) in [6.07, 6.45) is 4.02. The smallest absolute Gasteiger partial charge is 0.128 e. The van der Waals surface area contributed by atoms with Crippen molar-refractivity contribution >= 4 is 17.6 Å². The van der Waals surface area contributed by atoms with E-state index in [1.54, 1.807) is 0 Å². The van der Waals surface area contributed by atoms with Gasteiger partial charge in [-0.05, 0) is 44.7 Å². The summed E-state index contributed by atoms with van der Waals surface area (Å²) in [4.78, 5) is 6.63. The van der Waals surface area contributed by atoms with Gasteiger partial charge in [-0.25, -0.2) is 4.98 Å². The van der Waals surface area contributed by atoms with E-state index in [0.717, 1.165) is 24.7 Å². The summed E-state index contributed by atoms with van der Waals surface area (Å²) in [6, 6.07) is 4.24. The third-order valence-electron chi connectivity index (χ3n) is 2.65. The van der Waals surface area contributed by atoms with Crippen LogP contribution in [0.1, 0.15) is 26.3 Å². The molecule has 102 valence electrons. The second-order valence-corrected chi connectivity index (χ2v) is 6.53. The molecule has 0 amide bonds. The van der Waals surface area contributed by atoms with Crippen molar-refractivity contribution in [3.63, 3.8) is 0 Å². The molecule has 0 aliphatic heterocycles. The Bertz CT molecular complexity index is 360. The highest BCUT2D eigenvalue weighted by Gasteiger charge is 2.09. The first kappa shape index (κ1) is 15.3. The van der Waals surface area contributed by atoms with Gasteiger partial charge in [-0.1, -0.05) is 0 Å². The molecular weight excluding hydrogens is 242 g/mol. The number of nitrogens with zero attached hydrogens (tertiary/aromatic N) is 2. The van der Waals surface area contributed by atoms with Gasteiger partial charge in [-0.3, -0.25) is 0 Å². The number of rotatable bonds is 6. The van der Waals surface area contributed by atoms with Gasteiger partial charge >= 0.3 is 0 Å². The van der Waals surface area contributed by atoms with Crippen LogP contribution in [0.25, 0.3) is 0 Å². The van der Waals surface area contributed by atoms with Crippen LogP contribution >= 0.6 is 11.8 Å². The lowest BCUT2D eigenvalue weighted by Crippen LogP contribution is -2.35. The standard InChI is InChI=1S/C14H25N3S/c1-14(2,3)16-11-12-6-7-15-13(10-12)17(4)8-9-18-5/h6-7,10,16H,8-9,11H2,1-5H3. The van der Waals surface area contributed by atoms with E-state index in [9.17, 15) is 0 Å². The average Bonchev–Trinajstić information content (AvgIpc) is 2.33. The van der Waals surface area contributed by atoms with Crippen LogP contribution in [-0.2, 0) is 6.54 Å². The van der Waals surface area contributed by atoms with Crippen molar-refractivity contribution in [2.75, 3.05) is 30.5 Å². The van der Waals surface area contributed by atoms with Gasteiger partial charge in [-0.2, -0.15) is 11.8 Å². The van der Waals surface area contributed by atoms with E-state index < -0.39 is 0 Å². The molecule has 1 heterocycles. The number of pyridine rings is 1. The van der Waals surface area contributed by atoms with Gasteiger partial charge in [0.05, 0.1) is 0 Å². The highest BCUT2D eigenvalue weighted by atomic mass is 32.2. The molecule has 3 nitrogen and oxygen atoms in total. The molecule has 1 aromatic rings. The van der Waals surface area contributed by atoms with Crippen LogP contribution in [0.2, 0.25) is 0 Å². The second kappa shape index (κ2) is 7.00. The van der Waals surface area contributed by atoms with Gasteiger partial charge < -0.3 is 10.2 Å². The Hall–Kier alpha value is -0.740. The minimum atomic E-state index is 0.147. The number of aromatic nitrogens is 1. The summed E-state index contributed by atoms with van der Waals surface area (Å²) in [5.41, 5.74) is 1.43. The Morgan fingerprint density at radius 3 is 2.72 bits per heavy atom. The van der Waals surface area contributed by atoms with Crippen LogP contribution in [0.5, 0.6) is 0 Å². The Morgan fingerprint density at radius 2 is 2.11 bits per heavy atom. The predicted molar refractivity (Wildman–Crippen MR) is 82.5 cm³/mol. The van der Waals surface area contributed by atoms with Gasteiger partial charge in [-0.15, -0.1) is 0 Å². The first-order valence-electron chi connectivity index (χ1n) is 6.32. The molecule has 0 fully saturated rings. The van der Waals surface area contributed by atoms with Gasteiger partial charge in [0, 0.05) is 37.6 Å². The summed E-state index contributed by atoms with van der Waals surface area (Å²) < 4.78 is 0. The maximum Gasteiger partial charge on any atom is 0.128 e. The Kier molecular flexibility index (Phi) is 5.96. The van der Waals surface area contributed by atoms with E-state index in [2.05, 4.69) is 61.4 Å². The van der Waals surface area contributed by atoms with E-state index in [-0.39, 0.29) is 5.54 Å². The fraction of sp³-hybridized carbons (Fsp3) is 0.643. The van der Waals surface area contributed by atoms with E-state index >= 15 is 0 Å². The quantitative estimate of drug-likeness (QED) is 0.858. The zero-order valence-electron chi connectivity index (χ0n) is 12.2. The van der Waals surface area contributed by atoms with Crippen molar-refractivity contribution in [1.82, 2.24) is 10.3 Å². The zero-order valence-corrected chi connectivity index (χ0v) is 13.0. The van der Waals surface area contributed by atoms with E-state index in [4.69, 9.17) is 0 Å². The fourth-order valence-electron chi connectivity index (χ4n) is 1.49. The second-order valence-electron chi connectivity index (χ2n) is 5.54. The Morgan fingerprint density at radius 1 is 1.39 bits per heavy atom. The van der Waals surface area contributed by atoms with Gasteiger partial charge in [0.2, 0.25) is 0 Å². The summed E-state index contributed by atoms with van der Waals surface area (Å²) in [5, 5.41) is 3.50. The molecule has 0 aliphatic rings. The van der Waals surface area contributed by atoms with Crippen LogP contribution in [0.4, 0.5) is 5.82 Å². The molecule has 0 atom stereocenters. The minimum absolute atomic E-state index is 0.147. The topological polar surface area (TPSA) is 28.2 Å². The Labute approximate surface area is 115 Å². The van der Waals surface area contributed by atoms with Gasteiger partial charge in [0.1, 0.15) is 5.82 Å². The predicted octanol–water partition coefficient (Wildman–Crippen LogP) is 2.77. The molecule has 1 rings (SSSR count). The number of hydrogen-bond acceptors (Lipinski definition) is 4. The van der Waals surface area contributed by atoms with Crippen LogP contribution in [-0.4, -0.2) is 36.1 Å². The molecular formula is C14H25N3S. The maximum absolute atomic E-state index is 4.43. The maximum atomic E-state index is 4.43. The van der Waals surface area contributed by atoms with Crippen LogP contribution < -0.4 is 10.2 Å². The third kappa shape index (κ3) is 5.74. The minimum Gasteiger partial charge on any atom is -0.359 e. The van der Waals surface area contributed by atoms with Crippen molar-refractivity contribution in [3.8, 4) is 0 Å². The molecule has 18 heavy (non-hydrogen) atoms. The number of anilines is 1. The first-order valence-corrected chi connectivity index (χ1v) is 7.72. The molecule has 1 aromatic heterocycles. The summed E-state index contributed by atoms with van der Waals surface area (Å²) >= 11 is 1.86. The largest absolute Gasteiger partial charge is 0.359 e. The monoisotopic (exact) mass is 267 g/mol. The van der Waals surface area contributed by atoms with Crippen molar-refractivity contribution in [1.29, 1.82) is 0 Å². The van der Waals surface area contributed by atoms with E-state index in [1.165, 1.54) is 5.56 Å². The summed E-state index contributed by atoms with van der Waals surface area (Å²) in [6.45, 7) is 8.46. The first-order chi connectivity index (χ1) is 8.42. The van der Waals surface area contributed by atoms with E-state index in [0.29, 0.717) is 0 Å². The molecule has 0 radical (unpaired) electrons. The van der Waals surface area contributed by atoms with E-state index in [1.807, 2.05) is 18.0 Å². The van der Waals surface area contributed by atoms with Crippen molar-refractivity contribution in [2.45, 2.75) is 32.9 Å². The summed E-state index contributed by atoms with van der Waals surface area (Å²) in [7, 11) is 2.10. The molecule has 0 aliphatic carbocycles. The summed E-state index contributed by atoms with van der Waals surface area (Å²) in [5.74, 6) is 2.18. The number of thioether (sulfide) groups is 1. The molecule has 0 unspecified atom stereocenters. The molecule has 0 spiro atoms. The normalized spacial score (nSPS) is 11.6. The van der Waals surface area contributed by atoms with Crippen molar-refractivity contribution in [3.05, 3.63) is 23.9 Å². The number of hydrogen-bond donors (Lipinski definition) is 1. The van der Waals surface area contributed by atoms with Gasteiger partial charge in [0.15, 0.2) is 0 Å². The fourth-order valence-corrected chi connectivity index (χ4v) is 1.95. The molecule has 4 heteroatoms. The van der Waals surface area contributed by atoms with Crippen LogP contribution in [0.15, 0.2) is 18.3 Å². The van der Waals surface area contributed by atoms with Crippen molar-refractivity contribution < 1.29 is 0 Å².